The van der Waals surface area contributed by atoms with Crippen molar-refractivity contribution in [1.29, 1.82) is 0 Å². The average Bonchev–Trinajstić information content (AvgIpc) is 2.88. The fourth-order valence-electron chi connectivity index (χ4n) is 2.23. The third-order valence-electron chi connectivity index (χ3n) is 3.24. The highest BCUT2D eigenvalue weighted by atomic mass is 79.9. The van der Waals surface area contributed by atoms with Gasteiger partial charge in [0, 0.05) is 6.42 Å². The largest absolute Gasteiger partial charge is 0.493 e. The van der Waals surface area contributed by atoms with Crippen LogP contribution in [-0.2, 0) is 6.42 Å². The zero-order chi connectivity index (χ0) is 13.4. The molecule has 0 spiro atoms. The van der Waals surface area contributed by atoms with E-state index < -0.39 is 0 Å². The van der Waals surface area contributed by atoms with E-state index in [1.165, 1.54) is 11.6 Å². The van der Waals surface area contributed by atoms with Crippen molar-refractivity contribution in [3.8, 4) is 5.75 Å². The second-order valence-electron chi connectivity index (χ2n) is 4.50. The minimum absolute atomic E-state index is 0.298. The molecule has 1 aliphatic rings. The van der Waals surface area contributed by atoms with Crippen LogP contribution in [-0.4, -0.2) is 6.61 Å². The molecule has 0 bridgehead atoms. The van der Waals surface area contributed by atoms with Crippen molar-refractivity contribution in [2.24, 2.45) is 0 Å². The van der Waals surface area contributed by atoms with E-state index >= 15 is 0 Å². The molecule has 3 rings (SSSR count). The van der Waals surface area contributed by atoms with Gasteiger partial charge in [-0.15, -0.1) is 11.6 Å². The Bertz CT molecular complexity index is 630. The summed E-state index contributed by atoms with van der Waals surface area (Å²) in [6, 6.07) is 10.9. The van der Waals surface area contributed by atoms with Crippen LogP contribution in [0.5, 0.6) is 5.75 Å². The van der Waals surface area contributed by atoms with Crippen LogP contribution in [0.1, 0.15) is 22.1 Å². The summed E-state index contributed by atoms with van der Waals surface area (Å²) >= 11 is 9.58. The van der Waals surface area contributed by atoms with Crippen LogP contribution in [0, 0.1) is 5.82 Å². The number of benzene rings is 2. The van der Waals surface area contributed by atoms with E-state index in [0.29, 0.717) is 4.47 Å². The average molecular weight is 342 g/mol. The molecule has 0 aromatic heterocycles. The maximum Gasteiger partial charge on any atom is 0.137 e. The van der Waals surface area contributed by atoms with Crippen LogP contribution in [0.2, 0.25) is 0 Å². The first kappa shape index (κ1) is 12.9. The molecule has 1 atom stereocenters. The van der Waals surface area contributed by atoms with Crippen LogP contribution in [0.25, 0.3) is 0 Å². The zero-order valence-corrected chi connectivity index (χ0v) is 12.3. The zero-order valence-electron chi connectivity index (χ0n) is 10.00. The van der Waals surface area contributed by atoms with Gasteiger partial charge in [-0.1, -0.05) is 18.2 Å². The molecule has 0 aliphatic carbocycles. The van der Waals surface area contributed by atoms with Gasteiger partial charge in [0.25, 0.3) is 0 Å². The lowest BCUT2D eigenvalue weighted by Gasteiger charge is -2.12. The van der Waals surface area contributed by atoms with Crippen molar-refractivity contribution in [1.82, 2.24) is 0 Å². The lowest BCUT2D eigenvalue weighted by atomic mass is 10.0. The minimum Gasteiger partial charge on any atom is -0.493 e. The summed E-state index contributed by atoms with van der Waals surface area (Å²) < 4.78 is 19.5. The first-order valence-corrected chi connectivity index (χ1v) is 7.23. The molecule has 0 fully saturated rings. The van der Waals surface area contributed by atoms with Crippen molar-refractivity contribution >= 4 is 27.5 Å². The third-order valence-corrected chi connectivity index (χ3v) is 4.39. The Morgan fingerprint density at radius 1 is 1.16 bits per heavy atom. The molecule has 98 valence electrons. The minimum atomic E-state index is -0.353. The van der Waals surface area contributed by atoms with Crippen molar-refractivity contribution in [3.05, 3.63) is 63.4 Å². The fraction of sp³-hybridized carbons (Fsp3) is 0.200. The van der Waals surface area contributed by atoms with Crippen LogP contribution in [0.3, 0.4) is 0 Å². The van der Waals surface area contributed by atoms with Gasteiger partial charge in [-0.2, -0.15) is 0 Å². The van der Waals surface area contributed by atoms with Gasteiger partial charge in [0.15, 0.2) is 0 Å². The smallest absolute Gasteiger partial charge is 0.137 e. The van der Waals surface area contributed by atoms with Crippen molar-refractivity contribution in [2.75, 3.05) is 6.61 Å². The molecule has 1 nitrogen and oxygen atoms in total. The lowest BCUT2D eigenvalue weighted by Crippen LogP contribution is -1.95. The van der Waals surface area contributed by atoms with E-state index in [0.717, 1.165) is 29.9 Å². The highest BCUT2D eigenvalue weighted by Gasteiger charge is 2.17. The Kier molecular flexibility index (Phi) is 3.50. The highest BCUT2D eigenvalue weighted by Crippen LogP contribution is 2.34. The molecular weight excluding hydrogens is 331 g/mol. The lowest BCUT2D eigenvalue weighted by molar-refractivity contribution is 0.357. The summed E-state index contributed by atoms with van der Waals surface area (Å²) in [6.45, 7) is 0.721. The monoisotopic (exact) mass is 340 g/mol. The van der Waals surface area contributed by atoms with Gasteiger partial charge < -0.3 is 4.74 Å². The molecule has 0 amide bonds. The predicted octanol–water partition coefficient (Wildman–Crippen LogP) is 4.85. The molecule has 1 heterocycles. The van der Waals surface area contributed by atoms with Gasteiger partial charge in [0.05, 0.1) is 16.5 Å². The van der Waals surface area contributed by atoms with Gasteiger partial charge in [-0.3, -0.25) is 0 Å². The van der Waals surface area contributed by atoms with E-state index in [4.69, 9.17) is 16.3 Å². The summed E-state index contributed by atoms with van der Waals surface area (Å²) in [5.41, 5.74) is 2.88. The van der Waals surface area contributed by atoms with Crippen molar-refractivity contribution in [3.63, 3.8) is 0 Å². The van der Waals surface area contributed by atoms with Crippen molar-refractivity contribution < 1.29 is 9.13 Å². The quantitative estimate of drug-likeness (QED) is 0.709. The Morgan fingerprint density at radius 2 is 1.89 bits per heavy atom. The molecule has 0 N–H and O–H groups in total. The topological polar surface area (TPSA) is 9.23 Å². The van der Waals surface area contributed by atoms with E-state index in [1.54, 1.807) is 6.07 Å². The molecular formula is C15H11BrClFO. The molecule has 4 heteroatoms. The van der Waals surface area contributed by atoms with Crippen LogP contribution in [0.15, 0.2) is 40.9 Å². The number of halogens is 3. The van der Waals surface area contributed by atoms with Gasteiger partial charge in [0.1, 0.15) is 11.6 Å². The second-order valence-corrected chi connectivity index (χ2v) is 5.79. The number of alkyl halides is 1. The standard InChI is InChI=1S/C15H11BrClFO/c16-12-3-1-11(8-13(12)18)15(17)10-2-4-14-9(7-10)5-6-19-14/h1-4,7-8,15H,5-6H2. The molecule has 0 saturated carbocycles. The normalized spacial score (nSPS) is 14.9. The predicted molar refractivity (Wildman–Crippen MR) is 77.4 cm³/mol. The molecule has 0 radical (unpaired) electrons. The van der Waals surface area contributed by atoms with Crippen molar-refractivity contribution in [2.45, 2.75) is 11.8 Å². The third kappa shape index (κ3) is 2.49. The summed E-state index contributed by atoms with van der Waals surface area (Å²) in [5, 5.41) is -0.353. The fourth-order valence-corrected chi connectivity index (χ4v) is 2.74. The Morgan fingerprint density at radius 3 is 2.68 bits per heavy atom. The van der Waals surface area contributed by atoms with E-state index in [9.17, 15) is 4.39 Å². The Balaban J connectivity index is 1.94. The highest BCUT2D eigenvalue weighted by molar-refractivity contribution is 9.10. The SMILES string of the molecule is Fc1cc(C(Cl)c2ccc3c(c2)CCO3)ccc1Br. The Labute approximate surface area is 124 Å². The summed E-state index contributed by atoms with van der Waals surface area (Å²) in [7, 11) is 0. The van der Waals surface area contributed by atoms with E-state index in [-0.39, 0.29) is 11.2 Å². The van der Waals surface area contributed by atoms with Gasteiger partial charge in [-0.25, -0.2) is 4.39 Å². The number of rotatable bonds is 2. The van der Waals surface area contributed by atoms with Crippen LogP contribution >= 0.6 is 27.5 Å². The van der Waals surface area contributed by atoms with Gasteiger partial charge in [-0.05, 0) is 50.8 Å². The molecule has 1 aliphatic heterocycles. The van der Waals surface area contributed by atoms with Crippen LogP contribution < -0.4 is 4.74 Å². The van der Waals surface area contributed by atoms with Gasteiger partial charge in [0.2, 0.25) is 0 Å². The number of hydrogen-bond donors (Lipinski definition) is 0. The molecule has 0 saturated heterocycles. The van der Waals surface area contributed by atoms with E-state index in [2.05, 4.69) is 15.9 Å². The van der Waals surface area contributed by atoms with Crippen LogP contribution in [0.4, 0.5) is 4.39 Å². The summed E-state index contributed by atoms with van der Waals surface area (Å²) in [5.74, 6) is 0.627. The maximum absolute atomic E-state index is 13.5. The first-order valence-electron chi connectivity index (χ1n) is 6.00. The number of hydrogen-bond acceptors (Lipinski definition) is 1. The number of ether oxygens (including phenoxy) is 1. The molecule has 2 aromatic carbocycles. The summed E-state index contributed by atoms with van der Waals surface area (Å²) in [6.07, 6.45) is 0.904. The summed E-state index contributed by atoms with van der Waals surface area (Å²) in [4.78, 5) is 0. The molecule has 1 unspecified atom stereocenters. The maximum atomic E-state index is 13.5. The molecule has 19 heavy (non-hydrogen) atoms. The number of fused-ring (bicyclic) bond motifs is 1. The second kappa shape index (κ2) is 5.14. The van der Waals surface area contributed by atoms with Gasteiger partial charge >= 0.3 is 0 Å². The molecule has 2 aromatic rings. The Hall–Kier alpha value is -1.06. The van der Waals surface area contributed by atoms with E-state index in [1.807, 2.05) is 24.3 Å². The first-order chi connectivity index (χ1) is 9.15.